The summed E-state index contributed by atoms with van der Waals surface area (Å²) in [4.78, 5) is 19.7. The minimum atomic E-state index is 0.206. The summed E-state index contributed by atoms with van der Waals surface area (Å²) in [6, 6.07) is 24.9. The van der Waals surface area contributed by atoms with Gasteiger partial charge in [-0.15, -0.1) is 0 Å². The molecule has 8 nitrogen and oxygen atoms in total. The average molecular weight is 961 g/mol. The summed E-state index contributed by atoms with van der Waals surface area (Å²) in [5.41, 5.74) is 20.5. The number of rotatable bonds is 8. The van der Waals surface area contributed by atoms with Crippen LogP contribution in [0.4, 0.5) is 0 Å². The zero-order chi connectivity index (χ0) is 50.2. The van der Waals surface area contributed by atoms with Gasteiger partial charge < -0.3 is 29.7 Å². The molecule has 7 heterocycles. The Morgan fingerprint density at radius 2 is 0.792 bits per heavy atom. The molecule has 72 heavy (non-hydrogen) atoms. The molecule has 0 unspecified atom stereocenters. The van der Waals surface area contributed by atoms with Crippen LogP contribution in [0.25, 0.3) is 88.2 Å². The van der Waals surface area contributed by atoms with Crippen LogP contribution in [0.1, 0.15) is 165 Å². The van der Waals surface area contributed by atoms with Gasteiger partial charge in [-0.3, -0.25) is 0 Å². The number of hydrogen-bond acceptors (Lipinski definition) is 6. The number of aromatic hydroxyl groups is 2. The molecule has 0 saturated heterocycles. The Balaban J connectivity index is 1.47. The number of nitrogens with one attached hydrogen (secondary N) is 2. The largest absolute Gasteiger partial charge is 0.507 e. The van der Waals surface area contributed by atoms with Crippen LogP contribution in [0.2, 0.25) is 0 Å². The number of hydrogen-bond donors (Lipinski definition) is 4. The van der Waals surface area contributed by atoms with E-state index in [1.807, 2.05) is 24.3 Å². The molecule has 7 aromatic rings. The number of ether oxygens (including phenoxy) is 2. The summed E-state index contributed by atoms with van der Waals surface area (Å²) < 4.78 is 13.1. The van der Waals surface area contributed by atoms with Crippen LogP contribution in [0.3, 0.4) is 0 Å². The molecule has 4 N–H and O–H groups in total. The molecule has 0 radical (unpaired) electrons. The van der Waals surface area contributed by atoms with E-state index in [1.54, 1.807) is 0 Å². The van der Waals surface area contributed by atoms with Crippen molar-refractivity contribution in [3.8, 4) is 45.3 Å². The van der Waals surface area contributed by atoms with Crippen LogP contribution in [0.15, 0.2) is 72.8 Å². The molecule has 0 amide bonds. The van der Waals surface area contributed by atoms with Crippen molar-refractivity contribution in [2.75, 3.05) is 13.2 Å². The SMILES string of the molecule is CCC1=C(CC)c2nc1cc1[nH]c(c(CC)c1CC)c1c3nc(cc4[nH]c(c(CC)c4CC)c2-c2c(O)ccc4ccc(cc24)OCCCCCCCCOc2ccc4ccc(O)c-1c4c2)C(CC)=C3CC. The Morgan fingerprint density at radius 3 is 1.17 bits per heavy atom. The lowest BCUT2D eigenvalue weighted by Crippen LogP contribution is -1.99. The van der Waals surface area contributed by atoms with Crippen molar-refractivity contribution < 1.29 is 19.7 Å². The van der Waals surface area contributed by atoms with E-state index in [0.717, 1.165) is 190 Å². The first kappa shape index (κ1) is 48.8. The first-order valence-corrected chi connectivity index (χ1v) is 27.3. The molecule has 4 aliphatic rings. The number of aromatic nitrogens is 4. The lowest BCUT2D eigenvalue weighted by atomic mass is 9.89. The smallest absolute Gasteiger partial charge is 0.124 e. The first-order valence-electron chi connectivity index (χ1n) is 27.3. The highest BCUT2D eigenvalue weighted by atomic mass is 16.5. The fourth-order valence-electron chi connectivity index (χ4n) is 12.3. The van der Waals surface area contributed by atoms with Crippen molar-refractivity contribution in [2.45, 2.75) is 145 Å². The summed E-state index contributed by atoms with van der Waals surface area (Å²) in [6.07, 6.45) is 12.5. The van der Waals surface area contributed by atoms with Gasteiger partial charge in [0.2, 0.25) is 0 Å². The van der Waals surface area contributed by atoms with Crippen LogP contribution >= 0.6 is 0 Å². The Labute approximate surface area is 425 Å². The average Bonchev–Trinajstić information content (AvgIpc) is 4.14. The molecular weight excluding hydrogens is 889 g/mol. The summed E-state index contributed by atoms with van der Waals surface area (Å²) >= 11 is 0. The highest BCUT2D eigenvalue weighted by molar-refractivity contribution is 6.12. The third-order valence-electron chi connectivity index (χ3n) is 15.8. The van der Waals surface area contributed by atoms with Crippen molar-refractivity contribution in [1.82, 2.24) is 19.9 Å². The van der Waals surface area contributed by atoms with E-state index in [4.69, 9.17) is 19.4 Å². The number of benzene rings is 4. The molecule has 11 rings (SSSR count). The van der Waals surface area contributed by atoms with Gasteiger partial charge in [-0.25, -0.2) is 9.97 Å². The minimum Gasteiger partial charge on any atom is -0.507 e. The Kier molecular flexibility index (Phi) is 14.1. The van der Waals surface area contributed by atoms with Gasteiger partial charge in [0, 0.05) is 33.3 Å². The second-order valence-corrected chi connectivity index (χ2v) is 19.7. The number of allylic oxidation sites excluding steroid dienone is 4. The molecule has 0 atom stereocenters. The van der Waals surface area contributed by atoms with Crippen LogP contribution in [0.5, 0.6) is 23.0 Å². The van der Waals surface area contributed by atoms with E-state index in [9.17, 15) is 10.2 Å². The van der Waals surface area contributed by atoms with Gasteiger partial charge in [-0.2, -0.15) is 0 Å². The molecule has 3 aromatic heterocycles. The number of phenolic OH excluding ortho intramolecular Hbond substituents is 2. The number of aryl methyl sites for hydroxylation is 4. The van der Waals surface area contributed by atoms with Gasteiger partial charge in [-0.05, 0) is 179 Å². The lowest BCUT2D eigenvalue weighted by molar-refractivity contribution is 0.297. The fraction of sp³-hybridized carbons (Fsp3) is 0.375. The van der Waals surface area contributed by atoms with Crippen molar-refractivity contribution in [3.05, 3.63) is 118 Å². The molecule has 0 aliphatic carbocycles. The summed E-state index contributed by atoms with van der Waals surface area (Å²) in [7, 11) is 0. The highest BCUT2D eigenvalue weighted by Gasteiger charge is 2.30. The zero-order valence-electron chi connectivity index (χ0n) is 43.8. The highest BCUT2D eigenvalue weighted by Crippen LogP contribution is 2.50. The number of fused-ring (bicyclic) bond motifs is 9. The number of H-pyrrole nitrogens is 2. The van der Waals surface area contributed by atoms with E-state index in [2.05, 4.69) is 114 Å². The van der Waals surface area contributed by atoms with E-state index >= 15 is 0 Å². The molecule has 14 bridgehead atoms. The molecule has 4 aliphatic heterocycles. The molecule has 4 aromatic carbocycles. The summed E-state index contributed by atoms with van der Waals surface area (Å²) in [5.74, 6) is 2.00. The quantitative estimate of drug-likeness (QED) is 0.121. The second-order valence-electron chi connectivity index (χ2n) is 19.7. The van der Waals surface area contributed by atoms with Crippen LogP contribution in [-0.4, -0.2) is 43.4 Å². The number of phenols is 2. The standard InChI is InChI=1S/C64H72N4O4/c1-9-41-45(13-5)61-59-57-49-33-39(27-23-37(49)25-29-55(57)69)71-31-21-19-17-18-20-22-32-72-40-28-24-38-26-30-56(70)58(50(38)34-40)60(63-46(14-6)42(10-2)52(66-63)35-51(41)65-61)64-48(16-8)44(12-4)54(68-64)36-53-43(11-3)47(15-7)62(59)67-53/h23-30,33-36,65,68-70H,9-22,31-32H2,1-8H3. The minimum absolute atomic E-state index is 0.206. The third kappa shape index (κ3) is 8.44. The Hall–Kier alpha value is -6.80. The van der Waals surface area contributed by atoms with Crippen molar-refractivity contribution in [2.24, 2.45) is 0 Å². The number of aromatic amines is 2. The van der Waals surface area contributed by atoms with Gasteiger partial charge in [0.1, 0.15) is 23.0 Å². The normalized spacial score (nSPS) is 14.6. The molecule has 0 spiro atoms. The van der Waals surface area contributed by atoms with Crippen LogP contribution < -0.4 is 9.47 Å². The Bertz CT molecular complexity index is 3260. The number of nitrogens with zero attached hydrogens (tertiary/aromatic N) is 2. The Morgan fingerprint density at radius 1 is 0.417 bits per heavy atom. The van der Waals surface area contributed by atoms with Crippen LogP contribution in [-0.2, 0) is 25.7 Å². The van der Waals surface area contributed by atoms with Crippen molar-refractivity contribution >= 4 is 65.9 Å². The maximum Gasteiger partial charge on any atom is 0.124 e. The summed E-state index contributed by atoms with van der Waals surface area (Å²) in [6.45, 7) is 19.1. The predicted octanol–water partition coefficient (Wildman–Crippen LogP) is 17.2. The van der Waals surface area contributed by atoms with Gasteiger partial charge in [-0.1, -0.05) is 105 Å². The molecule has 372 valence electrons. The van der Waals surface area contributed by atoms with E-state index in [1.165, 1.54) is 44.5 Å². The van der Waals surface area contributed by atoms with Gasteiger partial charge in [0.15, 0.2) is 0 Å². The predicted molar refractivity (Wildman–Crippen MR) is 301 cm³/mol. The van der Waals surface area contributed by atoms with Crippen molar-refractivity contribution in [3.63, 3.8) is 0 Å². The van der Waals surface area contributed by atoms with Crippen molar-refractivity contribution in [1.29, 1.82) is 0 Å². The van der Waals surface area contributed by atoms with E-state index in [0.29, 0.717) is 13.2 Å². The second kappa shape index (κ2) is 20.7. The van der Waals surface area contributed by atoms with Gasteiger partial charge in [0.05, 0.1) is 47.0 Å². The molecule has 8 heteroatoms. The zero-order valence-corrected chi connectivity index (χ0v) is 43.8. The van der Waals surface area contributed by atoms with E-state index in [-0.39, 0.29) is 11.5 Å². The topological polar surface area (TPSA) is 116 Å². The van der Waals surface area contributed by atoms with Crippen LogP contribution in [0, 0.1) is 0 Å². The third-order valence-corrected chi connectivity index (χ3v) is 15.8. The summed E-state index contributed by atoms with van der Waals surface area (Å²) in [5, 5.41) is 28.8. The maximum atomic E-state index is 12.5. The monoisotopic (exact) mass is 961 g/mol. The van der Waals surface area contributed by atoms with Gasteiger partial charge >= 0.3 is 0 Å². The molecule has 0 fully saturated rings. The molecule has 0 saturated carbocycles. The first-order chi connectivity index (χ1) is 35.2. The van der Waals surface area contributed by atoms with E-state index < -0.39 is 0 Å². The lowest BCUT2D eigenvalue weighted by Gasteiger charge is -2.16. The van der Waals surface area contributed by atoms with Gasteiger partial charge in [0.25, 0.3) is 0 Å². The fourth-order valence-corrected chi connectivity index (χ4v) is 12.3. The molecular formula is C64H72N4O4. The maximum absolute atomic E-state index is 12.5.